The molecule has 0 radical (unpaired) electrons. The Kier molecular flexibility index (Phi) is 13.8. The lowest BCUT2D eigenvalue weighted by molar-refractivity contribution is -0.158. The van der Waals surface area contributed by atoms with Crippen molar-refractivity contribution in [3.05, 3.63) is 25.3 Å². The molecule has 0 aliphatic carbocycles. The SMILES string of the molecule is C=CC[C@](CCCCCCCCCCC)(CO[Si](C)(C)C(C)(C)C)OC(=O)C=C. The second kappa shape index (κ2) is 14.2. The zero-order valence-corrected chi connectivity index (χ0v) is 21.3. The lowest BCUT2D eigenvalue weighted by atomic mass is 9.92. The Balaban J connectivity index is 4.80. The summed E-state index contributed by atoms with van der Waals surface area (Å²) in [5.74, 6) is -0.374. The Labute approximate surface area is 182 Å². The van der Waals surface area contributed by atoms with Crippen molar-refractivity contribution >= 4 is 14.3 Å². The number of unbranched alkanes of at least 4 members (excludes halogenated alkanes) is 8. The van der Waals surface area contributed by atoms with Gasteiger partial charge in [0.2, 0.25) is 0 Å². The molecule has 29 heavy (non-hydrogen) atoms. The molecule has 0 N–H and O–H groups in total. The van der Waals surface area contributed by atoms with E-state index in [9.17, 15) is 4.79 Å². The van der Waals surface area contributed by atoms with E-state index in [0.717, 1.165) is 12.8 Å². The topological polar surface area (TPSA) is 35.5 Å². The van der Waals surface area contributed by atoms with Crippen molar-refractivity contribution in [2.75, 3.05) is 6.61 Å². The molecular formula is C25H48O3Si. The van der Waals surface area contributed by atoms with Crippen LogP contribution >= 0.6 is 0 Å². The van der Waals surface area contributed by atoms with Gasteiger partial charge in [0.25, 0.3) is 0 Å². The second-order valence-electron chi connectivity index (χ2n) is 9.93. The molecule has 1 atom stereocenters. The van der Waals surface area contributed by atoms with Gasteiger partial charge in [-0.15, -0.1) is 6.58 Å². The van der Waals surface area contributed by atoms with Crippen molar-refractivity contribution in [2.24, 2.45) is 0 Å². The van der Waals surface area contributed by atoms with Crippen molar-refractivity contribution < 1.29 is 14.0 Å². The molecule has 0 spiro atoms. The number of carbonyl (C=O) groups excluding carboxylic acids is 1. The van der Waals surface area contributed by atoms with Gasteiger partial charge in [0.1, 0.15) is 5.60 Å². The highest BCUT2D eigenvalue weighted by Gasteiger charge is 2.41. The van der Waals surface area contributed by atoms with Gasteiger partial charge in [-0.1, -0.05) is 91.7 Å². The molecule has 0 rings (SSSR count). The van der Waals surface area contributed by atoms with Gasteiger partial charge in [-0.2, -0.15) is 0 Å². The molecule has 3 nitrogen and oxygen atoms in total. The van der Waals surface area contributed by atoms with E-state index < -0.39 is 13.9 Å². The summed E-state index contributed by atoms with van der Waals surface area (Å²) in [4.78, 5) is 12.1. The Hall–Kier alpha value is -0.873. The standard InChI is InChI=1S/C25H48O3Si/c1-9-12-13-14-15-16-17-18-19-21-25(20-10-2,28-23(26)11-3)22-27-29(7,8)24(4,5)6/h10-11H,2-3,9,12-22H2,1,4-8H3/t25-/m0/s1. The van der Waals surface area contributed by atoms with E-state index in [1.165, 1.54) is 57.4 Å². The maximum atomic E-state index is 12.1. The molecular weight excluding hydrogens is 376 g/mol. The molecule has 0 heterocycles. The summed E-state index contributed by atoms with van der Waals surface area (Å²) in [5.41, 5.74) is -0.635. The maximum absolute atomic E-state index is 12.1. The first-order valence-corrected chi connectivity index (χ1v) is 14.5. The molecule has 0 aromatic heterocycles. The largest absolute Gasteiger partial charge is 0.453 e. The summed E-state index contributed by atoms with van der Waals surface area (Å²) >= 11 is 0. The molecule has 0 saturated heterocycles. The average molecular weight is 425 g/mol. The highest BCUT2D eigenvalue weighted by atomic mass is 28.4. The van der Waals surface area contributed by atoms with Gasteiger partial charge in [0.15, 0.2) is 8.32 Å². The molecule has 170 valence electrons. The predicted octanol–water partition coefficient (Wildman–Crippen LogP) is 7.97. The minimum atomic E-state index is -1.93. The lowest BCUT2D eigenvalue weighted by Gasteiger charge is -2.40. The van der Waals surface area contributed by atoms with Crippen molar-refractivity contribution in [1.29, 1.82) is 0 Å². The average Bonchev–Trinajstić information content (AvgIpc) is 2.64. The van der Waals surface area contributed by atoms with Crippen LogP contribution in [0.15, 0.2) is 25.3 Å². The van der Waals surface area contributed by atoms with Crippen molar-refractivity contribution in [3.63, 3.8) is 0 Å². The zero-order valence-electron chi connectivity index (χ0n) is 20.3. The Morgan fingerprint density at radius 1 is 0.931 bits per heavy atom. The van der Waals surface area contributed by atoms with Crippen LogP contribution in [0.5, 0.6) is 0 Å². The van der Waals surface area contributed by atoms with E-state index in [2.05, 4.69) is 53.9 Å². The first-order valence-electron chi connectivity index (χ1n) is 11.6. The molecule has 0 bridgehead atoms. The van der Waals surface area contributed by atoms with Crippen LogP contribution in [0.4, 0.5) is 0 Å². The number of hydrogen-bond donors (Lipinski definition) is 0. The van der Waals surface area contributed by atoms with Gasteiger partial charge < -0.3 is 9.16 Å². The Morgan fingerprint density at radius 3 is 1.90 bits per heavy atom. The van der Waals surface area contributed by atoms with Gasteiger partial charge >= 0.3 is 5.97 Å². The molecule has 0 aromatic carbocycles. The van der Waals surface area contributed by atoms with E-state index in [1.54, 1.807) is 0 Å². The quantitative estimate of drug-likeness (QED) is 0.0780. The summed E-state index contributed by atoms with van der Waals surface area (Å²) in [6.07, 6.45) is 16.0. The number of hydrogen-bond acceptors (Lipinski definition) is 3. The smallest absolute Gasteiger partial charge is 0.330 e. The van der Waals surface area contributed by atoms with Crippen molar-refractivity contribution in [3.8, 4) is 0 Å². The summed E-state index contributed by atoms with van der Waals surface area (Å²) in [5, 5.41) is 0.118. The minimum absolute atomic E-state index is 0.118. The molecule has 0 fully saturated rings. The normalized spacial score (nSPS) is 14.3. The number of carbonyl (C=O) groups is 1. The Bertz CT molecular complexity index is 479. The molecule has 0 aromatic rings. The van der Waals surface area contributed by atoms with Crippen LogP contribution in [0.2, 0.25) is 18.1 Å². The third kappa shape index (κ3) is 11.8. The second-order valence-corrected chi connectivity index (χ2v) is 14.7. The van der Waals surface area contributed by atoms with Gasteiger partial charge in [0.05, 0.1) is 6.61 Å². The van der Waals surface area contributed by atoms with Gasteiger partial charge in [-0.25, -0.2) is 4.79 Å². The summed E-state index contributed by atoms with van der Waals surface area (Å²) in [6.45, 7) is 21.3. The lowest BCUT2D eigenvalue weighted by Crippen LogP contribution is -2.47. The molecule has 0 amide bonds. The highest BCUT2D eigenvalue weighted by Crippen LogP contribution is 2.38. The van der Waals surface area contributed by atoms with Crippen LogP contribution in [0.1, 0.15) is 98.3 Å². The molecule has 0 saturated carbocycles. The van der Waals surface area contributed by atoms with Gasteiger partial charge in [0, 0.05) is 12.5 Å². The number of esters is 1. The van der Waals surface area contributed by atoms with E-state index >= 15 is 0 Å². The first-order chi connectivity index (χ1) is 13.5. The van der Waals surface area contributed by atoms with E-state index in [-0.39, 0.29) is 11.0 Å². The van der Waals surface area contributed by atoms with Crippen LogP contribution in [-0.4, -0.2) is 26.5 Å². The number of rotatable bonds is 17. The molecule has 0 unspecified atom stereocenters. The third-order valence-electron chi connectivity index (χ3n) is 6.24. The monoisotopic (exact) mass is 424 g/mol. The molecule has 0 aliphatic rings. The summed E-state index contributed by atoms with van der Waals surface area (Å²) in [6, 6.07) is 0. The highest BCUT2D eigenvalue weighted by molar-refractivity contribution is 6.74. The summed E-state index contributed by atoms with van der Waals surface area (Å²) in [7, 11) is -1.93. The van der Waals surface area contributed by atoms with E-state index in [1.807, 2.05) is 6.08 Å². The maximum Gasteiger partial charge on any atom is 0.330 e. The van der Waals surface area contributed by atoms with Crippen molar-refractivity contribution in [2.45, 2.75) is 122 Å². The zero-order chi connectivity index (χ0) is 22.4. The van der Waals surface area contributed by atoms with Crippen LogP contribution in [-0.2, 0) is 14.0 Å². The molecule has 4 heteroatoms. The van der Waals surface area contributed by atoms with Crippen LogP contribution in [0.3, 0.4) is 0 Å². The van der Waals surface area contributed by atoms with Crippen molar-refractivity contribution in [1.82, 2.24) is 0 Å². The first kappa shape index (κ1) is 28.1. The fourth-order valence-corrected chi connectivity index (χ4v) is 4.22. The Morgan fingerprint density at radius 2 is 1.45 bits per heavy atom. The third-order valence-corrected chi connectivity index (χ3v) is 10.7. The van der Waals surface area contributed by atoms with Gasteiger partial charge in [-0.05, 0) is 31.0 Å². The van der Waals surface area contributed by atoms with Gasteiger partial charge in [-0.3, -0.25) is 0 Å². The van der Waals surface area contributed by atoms with Crippen LogP contribution in [0.25, 0.3) is 0 Å². The van der Waals surface area contributed by atoms with E-state index in [4.69, 9.17) is 9.16 Å². The predicted molar refractivity (Wildman–Crippen MR) is 129 cm³/mol. The van der Waals surface area contributed by atoms with Crippen LogP contribution in [0, 0.1) is 0 Å². The fraction of sp³-hybridized carbons (Fsp3) is 0.800. The number of ether oxygens (including phenoxy) is 1. The fourth-order valence-electron chi connectivity index (χ4n) is 3.16. The van der Waals surface area contributed by atoms with E-state index in [0.29, 0.717) is 13.0 Å². The minimum Gasteiger partial charge on any atom is -0.453 e. The van der Waals surface area contributed by atoms with Crippen LogP contribution < -0.4 is 0 Å². The summed E-state index contributed by atoms with van der Waals surface area (Å²) < 4.78 is 12.3. The molecule has 0 aliphatic heterocycles.